The van der Waals surface area contributed by atoms with Crippen molar-refractivity contribution >= 4 is 47.6 Å². The number of rotatable bonds is 4. The van der Waals surface area contributed by atoms with Crippen molar-refractivity contribution < 1.29 is 5.11 Å². The highest BCUT2D eigenvalue weighted by atomic mass is 35.5. The molecule has 2 N–H and O–H groups in total. The first-order chi connectivity index (χ1) is 9.75. The Morgan fingerprint density at radius 2 is 2.18 bits per heavy atom. The number of aliphatic hydroxyl groups excluding tert-OH is 1. The van der Waals surface area contributed by atoms with Crippen molar-refractivity contribution in [3.8, 4) is 0 Å². The lowest BCUT2D eigenvalue weighted by Crippen LogP contribution is -2.44. The first-order valence-corrected chi connectivity index (χ1v) is 7.50. The van der Waals surface area contributed by atoms with Crippen LogP contribution in [0.3, 0.4) is 0 Å². The van der Waals surface area contributed by atoms with E-state index >= 15 is 0 Å². The lowest BCUT2D eigenvalue weighted by molar-refractivity contribution is 0.0909. The third-order valence-electron chi connectivity index (χ3n) is 3.92. The normalized spacial score (nSPS) is 21.2. The van der Waals surface area contributed by atoms with Gasteiger partial charge in [-0.3, -0.25) is 0 Å². The molecular formula is C14H21Cl3N4O. The van der Waals surface area contributed by atoms with Gasteiger partial charge in [-0.1, -0.05) is 11.6 Å². The van der Waals surface area contributed by atoms with Crippen LogP contribution in [-0.4, -0.2) is 38.3 Å². The molecule has 1 aliphatic heterocycles. The highest BCUT2D eigenvalue weighted by Crippen LogP contribution is 2.21. The Kier molecular flexibility index (Phi) is 7.86. The number of pyridine rings is 1. The maximum absolute atomic E-state index is 9.93. The summed E-state index contributed by atoms with van der Waals surface area (Å²) in [5.74, 6) is 0. The Morgan fingerprint density at radius 3 is 2.95 bits per heavy atom. The molecule has 0 amide bonds. The maximum Gasteiger partial charge on any atom is 0.179 e. The Labute approximate surface area is 147 Å². The zero-order valence-corrected chi connectivity index (χ0v) is 14.5. The number of aromatic nitrogens is 3. The van der Waals surface area contributed by atoms with E-state index in [-0.39, 0.29) is 37.0 Å². The number of fused-ring (bicyclic) bond motifs is 1. The quantitative estimate of drug-likeness (QED) is 0.872. The molecule has 124 valence electrons. The van der Waals surface area contributed by atoms with E-state index in [0.717, 1.165) is 44.3 Å². The van der Waals surface area contributed by atoms with Crippen molar-refractivity contribution in [2.75, 3.05) is 6.54 Å². The molecule has 5 nitrogen and oxygen atoms in total. The summed E-state index contributed by atoms with van der Waals surface area (Å²) in [6.45, 7) is 1.85. The van der Waals surface area contributed by atoms with Crippen LogP contribution in [0, 0.1) is 0 Å². The standard InChI is InChI=1S/C14H19ClN4O.2ClH/c15-10-5-7-17-14-13(10)19(9-18-14)8-2-3-11-12(20)4-1-6-16-11;;/h5,7,9,11-12,16,20H,1-4,6,8H2;2*1H/t11-,12+;;/m1../s1. The van der Waals surface area contributed by atoms with Gasteiger partial charge in [-0.25, -0.2) is 9.97 Å². The molecule has 8 heteroatoms. The molecule has 0 aliphatic carbocycles. The van der Waals surface area contributed by atoms with Crippen LogP contribution in [0.4, 0.5) is 0 Å². The second kappa shape index (κ2) is 8.89. The third kappa shape index (κ3) is 4.24. The van der Waals surface area contributed by atoms with Gasteiger partial charge in [0.15, 0.2) is 5.65 Å². The van der Waals surface area contributed by atoms with Crippen molar-refractivity contribution in [1.82, 2.24) is 19.9 Å². The molecule has 1 saturated heterocycles. The SMILES string of the molecule is Cl.Cl.O[C@H]1CCCN[C@@H]1CCCn1cnc2nccc(Cl)c21. The summed E-state index contributed by atoms with van der Waals surface area (Å²) < 4.78 is 2.04. The second-order valence-electron chi connectivity index (χ2n) is 5.32. The zero-order chi connectivity index (χ0) is 13.9. The summed E-state index contributed by atoms with van der Waals surface area (Å²) in [6.07, 6.45) is 7.14. The van der Waals surface area contributed by atoms with Gasteiger partial charge in [0.25, 0.3) is 0 Å². The monoisotopic (exact) mass is 366 g/mol. The molecule has 2 aromatic heterocycles. The van der Waals surface area contributed by atoms with Gasteiger partial charge in [0.2, 0.25) is 0 Å². The van der Waals surface area contributed by atoms with Crippen LogP contribution in [0.25, 0.3) is 11.2 Å². The lowest BCUT2D eigenvalue weighted by Gasteiger charge is -2.29. The Morgan fingerprint density at radius 1 is 1.36 bits per heavy atom. The fraction of sp³-hybridized carbons (Fsp3) is 0.571. The molecule has 1 aliphatic rings. The van der Waals surface area contributed by atoms with Crippen LogP contribution in [0.15, 0.2) is 18.6 Å². The second-order valence-corrected chi connectivity index (χ2v) is 5.72. The minimum atomic E-state index is -0.214. The zero-order valence-electron chi connectivity index (χ0n) is 12.1. The van der Waals surface area contributed by atoms with E-state index in [9.17, 15) is 5.11 Å². The summed E-state index contributed by atoms with van der Waals surface area (Å²) in [7, 11) is 0. The molecule has 0 spiro atoms. The Balaban J connectivity index is 0.00000121. The molecule has 0 unspecified atom stereocenters. The molecule has 3 rings (SSSR count). The number of hydrogen-bond donors (Lipinski definition) is 2. The van der Waals surface area contributed by atoms with Crippen LogP contribution >= 0.6 is 36.4 Å². The molecular weight excluding hydrogens is 347 g/mol. The fourth-order valence-electron chi connectivity index (χ4n) is 2.84. The number of imidazole rings is 1. The Hall–Kier alpha value is -0.590. The summed E-state index contributed by atoms with van der Waals surface area (Å²) in [4.78, 5) is 8.47. The van der Waals surface area contributed by atoms with Crippen molar-refractivity contribution in [3.63, 3.8) is 0 Å². The highest BCUT2D eigenvalue weighted by molar-refractivity contribution is 6.34. The minimum absolute atomic E-state index is 0. The molecule has 1 fully saturated rings. The van der Waals surface area contributed by atoms with Gasteiger partial charge in [0, 0.05) is 18.8 Å². The smallest absolute Gasteiger partial charge is 0.179 e. The average molecular weight is 368 g/mol. The predicted octanol–water partition coefficient (Wildman–Crippen LogP) is 2.82. The lowest BCUT2D eigenvalue weighted by atomic mass is 9.97. The molecule has 0 radical (unpaired) electrons. The van der Waals surface area contributed by atoms with Crippen LogP contribution in [-0.2, 0) is 6.54 Å². The van der Waals surface area contributed by atoms with E-state index in [1.165, 1.54) is 0 Å². The first kappa shape index (κ1) is 19.5. The van der Waals surface area contributed by atoms with Crippen LogP contribution in [0.2, 0.25) is 5.02 Å². The van der Waals surface area contributed by atoms with Crippen LogP contribution < -0.4 is 5.32 Å². The van der Waals surface area contributed by atoms with Gasteiger partial charge in [0.1, 0.15) is 5.52 Å². The largest absolute Gasteiger partial charge is 0.392 e. The molecule has 3 heterocycles. The topological polar surface area (TPSA) is 63.0 Å². The molecule has 0 bridgehead atoms. The molecule has 2 atom stereocenters. The fourth-order valence-corrected chi connectivity index (χ4v) is 3.09. The molecule has 2 aromatic rings. The molecule has 0 saturated carbocycles. The van der Waals surface area contributed by atoms with E-state index in [1.54, 1.807) is 18.6 Å². The average Bonchev–Trinajstić information content (AvgIpc) is 2.86. The van der Waals surface area contributed by atoms with E-state index in [2.05, 4.69) is 15.3 Å². The minimum Gasteiger partial charge on any atom is -0.392 e. The van der Waals surface area contributed by atoms with Gasteiger partial charge in [-0.2, -0.15) is 0 Å². The number of nitrogens with one attached hydrogen (secondary N) is 1. The van der Waals surface area contributed by atoms with Gasteiger partial charge in [-0.15, -0.1) is 24.8 Å². The van der Waals surface area contributed by atoms with Gasteiger partial charge < -0.3 is 15.0 Å². The van der Waals surface area contributed by atoms with Gasteiger partial charge in [-0.05, 0) is 38.3 Å². The van der Waals surface area contributed by atoms with Crippen molar-refractivity contribution in [3.05, 3.63) is 23.6 Å². The van der Waals surface area contributed by atoms with E-state index in [4.69, 9.17) is 11.6 Å². The van der Waals surface area contributed by atoms with Gasteiger partial charge >= 0.3 is 0 Å². The molecule has 0 aromatic carbocycles. The Bertz CT molecular complexity index is 592. The van der Waals surface area contributed by atoms with Crippen LogP contribution in [0.1, 0.15) is 25.7 Å². The van der Waals surface area contributed by atoms with E-state index < -0.39 is 0 Å². The summed E-state index contributed by atoms with van der Waals surface area (Å²) in [6, 6.07) is 2.00. The van der Waals surface area contributed by atoms with E-state index in [1.807, 2.05) is 4.57 Å². The molecule has 22 heavy (non-hydrogen) atoms. The van der Waals surface area contributed by atoms with Crippen molar-refractivity contribution in [2.45, 2.75) is 44.4 Å². The number of hydrogen-bond acceptors (Lipinski definition) is 4. The summed E-state index contributed by atoms with van der Waals surface area (Å²) in [5.41, 5.74) is 1.58. The van der Waals surface area contributed by atoms with Gasteiger partial charge in [0.05, 0.1) is 17.5 Å². The van der Waals surface area contributed by atoms with Crippen molar-refractivity contribution in [2.24, 2.45) is 0 Å². The summed E-state index contributed by atoms with van der Waals surface area (Å²) >= 11 is 6.20. The number of aliphatic hydroxyl groups is 1. The maximum atomic E-state index is 9.93. The predicted molar refractivity (Wildman–Crippen MR) is 93.3 cm³/mol. The first-order valence-electron chi connectivity index (χ1n) is 7.12. The number of nitrogens with zero attached hydrogens (tertiary/aromatic N) is 3. The highest BCUT2D eigenvalue weighted by Gasteiger charge is 2.21. The third-order valence-corrected chi connectivity index (χ3v) is 4.23. The van der Waals surface area contributed by atoms with Crippen LogP contribution in [0.5, 0.6) is 0 Å². The number of aryl methyl sites for hydroxylation is 1. The number of piperidine rings is 1. The number of halogens is 3. The summed E-state index contributed by atoms with van der Waals surface area (Å²) in [5, 5.41) is 14.0. The van der Waals surface area contributed by atoms with Crippen molar-refractivity contribution in [1.29, 1.82) is 0 Å². The van der Waals surface area contributed by atoms with E-state index in [0.29, 0.717) is 10.7 Å².